The van der Waals surface area contributed by atoms with Gasteiger partial charge in [-0.1, -0.05) is 17.3 Å². The van der Waals surface area contributed by atoms with E-state index in [0.717, 1.165) is 10.6 Å². The SMILES string of the molecule is CSc1cccc(N2CC(c3noc(Cc4cccs4)n3)CC2=O)c1. The molecule has 1 saturated heterocycles. The van der Waals surface area contributed by atoms with Crippen molar-refractivity contribution >= 4 is 34.7 Å². The van der Waals surface area contributed by atoms with Crippen molar-refractivity contribution in [2.75, 3.05) is 17.7 Å². The van der Waals surface area contributed by atoms with E-state index >= 15 is 0 Å². The second-order valence-electron chi connectivity index (χ2n) is 5.91. The minimum atomic E-state index is -0.0220. The summed E-state index contributed by atoms with van der Waals surface area (Å²) in [5, 5.41) is 6.14. The highest BCUT2D eigenvalue weighted by Crippen LogP contribution is 2.32. The summed E-state index contributed by atoms with van der Waals surface area (Å²) in [5.74, 6) is 1.32. The van der Waals surface area contributed by atoms with E-state index in [9.17, 15) is 4.79 Å². The Labute approximate surface area is 154 Å². The van der Waals surface area contributed by atoms with Crippen LogP contribution in [0.2, 0.25) is 0 Å². The second kappa shape index (κ2) is 7.01. The van der Waals surface area contributed by atoms with Crippen LogP contribution >= 0.6 is 23.1 Å². The highest BCUT2D eigenvalue weighted by atomic mass is 32.2. The number of thiophene rings is 1. The third kappa shape index (κ3) is 3.48. The number of nitrogens with zero attached hydrogens (tertiary/aromatic N) is 3. The molecule has 1 aromatic carbocycles. The Morgan fingerprint density at radius 3 is 3.08 bits per heavy atom. The average molecular weight is 371 g/mol. The zero-order chi connectivity index (χ0) is 17.2. The number of hydrogen-bond donors (Lipinski definition) is 0. The van der Waals surface area contributed by atoms with E-state index in [2.05, 4.69) is 10.1 Å². The molecule has 3 aromatic rings. The van der Waals surface area contributed by atoms with Gasteiger partial charge in [-0.25, -0.2) is 0 Å². The molecular weight excluding hydrogens is 354 g/mol. The van der Waals surface area contributed by atoms with Crippen molar-refractivity contribution in [3.8, 4) is 0 Å². The monoisotopic (exact) mass is 371 g/mol. The lowest BCUT2D eigenvalue weighted by atomic mass is 10.1. The smallest absolute Gasteiger partial charge is 0.231 e. The maximum Gasteiger partial charge on any atom is 0.231 e. The fourth-order valence-corrected chi connectivity index (χ4v) is 4.13. The van der Waals surface area contributed by atoms with Gasteiger partial charge in [0.15, 0.2) is 5.82 Å². The zero-order valence-electron chi connectivity index (χ0n) is 13.7. The lowest BCUT2D eigenvalue weighted by Crippen LogP contribution is -2.24. The second-order valence-corrected chi connectivity index (χ2v) is 7.82. The van der Waals surface area contributed by atoms with Crippen LogP contribution in [-0.4, -0.2) is 28.8 Å². The molecular formula is C18H17N3O2S2. The molecule has 1 aliphatic heterocycles. The molecule has 2 aromatic heterocycles. The molecule has 1 aliphatic rings. The average Bonchev–Trinajstić information content (AvgIpc) is 3.36. The molecule has 1 unspecified atom stereocenters. The van der Waals surface area contributed by atoms with Gasteiger partial charge in [0.2, 0.25) is 11.8 Å². The molecule has 0 N–H and O–H groups in total. The zero-order valence-corrected chi connectivity index (χ0v) is 15.3. The summed E-state index contributed by atoms with van der Waals surface area (Å²) in [6.45, 7) is 0.592. The normalized spacial score (nSPS) is 17.4. The minimum Gasteiger partial charge on any atom is -0.339 e. The number of carbonyl (C=O) groups excluding carboxylic acids is 1. The number of carbonyl (C=O) groups is 1. The van der Waals surface area contributed by atoms with Gasteiger partial charge in [-0.3, -0.25) is 4.79 Å². The summed E-state index contributed by atoms with van der Waals surface area (Å²) in [4.78, 5) is 21.1. The Morgan fingerprint density at radius 1 is 1.36 bits per heavy atom. The van der Waals surface area contributed by atoms with Crippen LogP contribution in [0, 0.1) is 0 Å². The molecule has 3 heterocycles. The van der Waals surface area contributed by atoms with Gasteiger partial charge >= 0.3 is 0 Å². The first-order valence-corrected chi connectivity index (χ1v) is 10.1. The third-order valence-electron chi connectivity index (χ3n) is 4.24. The molecule has 1 amide bonds. The van der Waals surface area contributed by atoms with E-state index in [1.54, 1.807) is 23.1 Å². The highest BCUT2D eigenvalue weighted by molar-refractivity contribution is 7.98. The van der Waals surface area contributed by atoms with Crippen molar-refractivity contribution in [1.29, 1.82) is 0 Å². The Bertz CT molecular complexity index is 876. The summed E-state index contributed by atoms with van der Waals surface area (Å²) in [5.41, 5.74) is 0.932. The van der Waals surface area contributed by atoms with E-state index < -0.39 is 0 Å². The molecule has 7 heteroatoms. The summed E-state index contributed by atoms with van der Waals surface area (Å²) >= 11 is 3.34. The number of aromatic nitrogens is 2. The number of thioether (sulfide) groups is 1. The van der Waals surface area contributed by atoms with Crippen LogP contribution in [0.1, 0.15) is 28.9 Å². The Balaban J connectivity index is 1.49. The maximum atomic E-state index is 12.5. The van der Waals surface area contributed by atoms with Crippen LogP contribution < -0.4 is 4.90 Å². The van der Waals surface area contributed by atoms with Crippen molar-refractivity contribution in [3.05, 3.63) is 58.4 Å². The number of benzene rings is 1. The van der Waals surface area contributed by atoms with Gasteiger partial charge in [0.25, 0.3) is 0 Å². The molecule has 0 saturated carbocycles. The van der Waals surface area contributed by atoms with E-state index in [4.69, 9.17) is 4.52 Å². The van der Waals surface area contributed by atoms with Crippen LogP contribution in [0.15, 0.2) is 51.2 Å². The maximum absolute atomic E-state index is 12.5. The van der Waals surface area contributed by atoms with E-state index in [-0.39, 0.29) is 11.8 Å². The number of anilines is 1. The van der Waals surface area contributed by atoms with E-state index in [1.165, 1.54) is 4.88 Å². The Kier molecular flexibility index (Phi) is 4.59. The molecule has 1 atom stereocenters. The van der Waals surface area contributed by atoms with Crippen LogP contribution in [-0.2, 0) is 11.2 Å². The minimum absolute atomic E-state index is 0.0220. The quantitative estimate of drug-likeness (QED) is 0.635. The van der Waals surface area contributed by atoms with Crippen molar-refractivity contribution in [2.24, 2.45) is 0 Å². The standard InChI is InChI=1S/C18H17N3O2S2/c1-24-14-5-2-4-13(9-14)21-11-12(8-17(21)22)18-19-16(23-20-18)10-15-6-3-7-25-15/h2-7,9,12H,8,10-11H2,1H3. The predicted molar refractivity (Wildman–Crippen MR) is 99.4 cm³/mol. The van der Waals surface area contributed by atoms with Crippen molar-refractivity contribution < 1.29 is 9.32 Å². The molecule has 0 radical (unpaired) electrons. The van der Waals surface area contributed by atoms with Gasteiger partial charge in [-0.15, -0.1) is 23.1 Å². The molecule has 4 rings (SSSR count). The largest absolute Gasteiger partial charge is 0.339 e. The fourth-order valence-electron chi connectivity index (χ4n) is 2.98. The van der Waals surface area contributed by atoms with E-state index in [1.807, 2.05) is 52.9 Å². The van der Waals surface area contributed by atoms with Crippen LogP contribution in [0.4, 0.5) is 5.69 Å². The molecule has 5 nitrogen and oxygen atoms in total. The first-order chi connectivity index (χ1) is 12.2. The number of rotatable bonds is 5. The number of hydrogen-bond acceptors (Lipinski definition) is 6. The van der Waals surface area contributed by atoms with Crippen LogP contribution in [0.25, 0.3) is 0 Å². The summed E-state index contributed by atoms with van der Waals surface area (Å²) in [6, 6.07) is 12.1. The van der Waals surface area contributed by atoms with Crippen molar-refractivity contribution in [3.63, 3.8) is 0 Å². The number of amides is 1. The van der Waals surface area contributed by atoms with Crippen LogP contribution in [0.3, 0.4) is 0 Å². The van der Waals surface area contributed by atoms with Gasteiger partial charge in [0, 0.05) is 34.3 Å². The van der Waals surface area contributed by atoms with Crippen LogP contribution in [0.5, 0.6) is 0 Å². The van der Waals surface area contributed by atoms with Gasteiger partial charge in [0.05, 0.1) is 6.42 Å². The Morgan fingerprint density at radius 2 is 2.28 bits per heavy atom. The molecule has 25 heavy (non-hydrogen) atoms. The molecule has 1 fully saturated rings. The van der Waals surface area contributed by atoms with Gasteiger partial charge in [-0.2, -0.15) is 4.98 Å². The predicted octanol–water partition coefficient (Wildman–Crippen LogP) is 3.96. The summed E-state index contributed by atoms with van der Waals surface area (Å²) in [6.07, 6.45) is 3.09. The molecule has 0 aliphatic carbocycles. The van der Waals surface area contributed by atoms with Gasteiger partial charge in [-0.05, 0) is 35.9 Å². The molecule has 0 bridgehead atoms. The first-order valence-electron chi connectivity index (χ1n) is 8.02. The molecule has 128 valence electrons. The van der Waals surface area contributed by atoms with Crippen molar-refractivity contribution in [2.45, 2.75) is 23.7 Å². The first kappa shape index (κ1) is 16.4. The topological polar surface area (TPSA) is 59.2 Å². The molecule has 0 spiro atoms. The van der Waals surface area contributed by atoms with Gasteiger partial charge in [0.1, 0.15) is 0 Å². The summed E-state index contributed by atoms with van der Waals surface area (Å²) < 4.78 is 5.38. The lowest BCUT2D eigenvalue weighted by molar-refractivity contribution is -0.117. The summed E-state index contributed by atoms with van der Waals surface area (Å²) in [7, 11) is 0. The van der Waals surface area contributed by atoms with E-state index in [0.29, 0.717) is 31.1 Å². The van der Waals surface area contributed by atoms with Gasteiger partial charge < -0.3 is 9.42 Å². The third-order valence-corrected chi connectivity index (χ3v) is 5.85. The highest BCUT2D eigenvalue weighted by Gasteiger charge is 2.34. The fraction of sp³-hybridized carbons (Fsp3) is 0.278. The van der Waals surface area contributed by atoms with Crippen molar-refractivity contribution in [1.82, 2.24) is 10.1 Å². The Hall–Kier alpha value is -2.12. The lowest BCUT2D eigenvalue weighted by Gasteiger charge is -2.16.